The maximum absolute atomic E-state index is 12.1. The van der Waals surface area contributed by atoms with E-state index in [4.69, 9.17) is 9.47 Å². The summed E-state index contributed by atoms with van der Waals surface area (Å²) in [5.74, 6) is 0.689. The summed E-state index contributed by atoms with van der Waals surface area (Å²) in [6.45, 7) is 4.91. The van der Waals surface area contributed by atoms with E-state index >= 15 is 0 Å². The van der Waals surface area contributed by atoms with Crippen LogP contribution in [0.25, 0.3) is 0 Å². The molecule has 19 heavy (non-hydrogen) atoms. The Kier molecular flexibility index (Phi) is 5.68. The second-order valence-corrected chi connectivity index (χ2v) is 6.15. The summed E-state index contributed by atoms with van der Waals surface area (Å²) in [6.07, 6.45) is 9.70. The number of epoxide rings is 1. The van der Waals surface area contributed by atoms with Crippen LogP contribution in [-0.2, 0) is 14.3 Å². The molecule has 0 radical (unpaired) electrons. The fourth-order valence-electron chi connectivity index (χ4n) is 3.14. The number of esters is 1. The maximum atomic E-state index is 12.1. The molecule has 0 N–H and O–H groups in total. The van der Waals surface area contributed by atoms with E-state index in [1.807, 2.05) is 0 Å². The van der Waals surface area contributed by atoms with Crippen molar-refractivity contribution in [2.24, 2.45) is 11.8 Å². The molecular formula is C16H28O3. The third-order valence-corrected chi connectivity index (χ3v) is 4.45. The largest absolute Gasteiger partial charge is 0.465 e. The average molecular weight is 268 g/mol. The summed E-state index contributed by atoms with van der Waals surface area (Å²) in [5, 5.41) is 0. The van der Waals surface area contributed by atoms with Crippen molar-refractivity contribution < 1.29 is 14.3 Å². The van der Waals surface area contributed by atoms with Gasteiger partial charge in [0.2, 0.25) is 0 Å². The van der Waals surface area contributed by atoms with Crippen LogP contribution < -0.4 is 0 Å². The topological polar surface area (TPSA) is 38.8 Å². The van der Waals surface area contributed by atoms with Gasteiger partial charge in [0.15, 0.2) is 0 Å². The second-order valence-electron chi connectivity index (χ2n) is 6.15. The van der Waals surface area contributed by atoms with Crippen LogP contribution in [0.1, 0.15) is 65.2 Å². The van der Waals surface area contributed by atoms with Gasteiger partial charge in [0.1, 0.15) is 0 Å². The third kappa shape index (κ3) is 4.48. The molecule has 2 aliphatic rings. The zero-order valence-electron chi connectivity index (χ0n) is 12.4. The van der Waals surface area contributed by atoms with Gasteiger partial charge in [0.05, 0.1) is 24.7 Å². The molecule has 0 aromatic carbocycles. The first-order chi connectivity index (χ1) is 9.24. The Bertz CT molecular complexity index is 290. The molecule has 1 heterocycles. The van der Waals surface area contributed by atoms with Crippen LogP contribution >= 0.6 is 0 Å². The van der Waals surface area contributed by atoms with Gasteiger partial charge in [-0.1, -0.05) is 33.1 Å². The molecule has 1 saturated carbocycles. The molecule has 0 aromatic heterocycles. The summed E-state index contributed by atoms with van der Waals surface area (Å²) < 4.78 is 11.1. The van der Waals surface area contributed by atoms with E-state index in [9.17, 15) is 4.79 Å². The number of hydrogen-bond acceptors (Lipinski definition) is 3. The van der Waals surface area contributed by atoms with Crippen molar-refractivity contribution >= 4 is 5.97 Å². The van der Waals surface area contributed by atoms with E-state index in [1.165, 1.54) is 0 Å². The van der Waals surface area contributed by atoms with Crippen molar-refractivity contribution in [3.63, 3.8) is 0 Å². The van der Waals surface area contributed by atoms with Crippen LogP contribution in [0.4, 0.5) is 0 Å². The fourth-order valence-corrected chi connectivity index (χ4v) is 3.14. The number of fused-ring (bicyclic) bond motifs is 1. The molecule has 110 valence electrons. The number of unbranched alkanes of at least 4 members (excludes halogenated alkanes) is 1. The van der Waals surface area contributed by atoms with Crippen LogP contribution in [0.2, 0.25) is 0 Å². The van der Waals surface area contributed by atoms with Gasteiger partial charge in [-0.2, -0.15) is 0 Å². The third-order valence-electron chi connectivity index (χ3n) is 4.45. The minimum absolute atomic E-state index is 0.0362. The van der Waals surface area contributed by atoms with Gasteiger partial charge in [-0.15, -0.1) is 0 Å². The lowest BCUT2D eigenvalue weighted by Gasteiger charge is -2.21. The van der Waals surface area contributed by atoms with Crippen LogP contribution in [0.15, 0.2) is 0 Å². The van der Waals surface area contributed by atoms with E-state index in [1.54, 1.807) is 0 Å². The number of ether oxygens (including phenoxy) is 2. The molecule has 3 heteroatoms. The van der Waals surface area contributed by atoms with Gasteiger partial charge in [-0.25, -0.2) is 0 Å². The molecule has 0 spiro atoms. The van der Waals surface area contributed by atoms with Crippen molar-refractivity contribution in [3.05, 3.63) is 0 Å². The summed E-state index contributed by atoms with van der Waals surface area (Å²) in [7, 11) is 0. The Labute approximate surface area is 117 Å². The van der Waals surface area contributed by atoms with Crippen LogP contribution in [0.3, 0.4) is 0 Å². The highest BCUT2D eigenvalue weighted by Crippen LogP contribution is 2.39. The molecule has 4 atom stereocenters. The molecule has 0 aromatic rings. The number of rotatable bonds is 8. The molecule has 2 fully saturated rings. The van der Waals surface area contributed by atoms with Gasteiger partial charge < -0.3 is 9.47 Å². The Balaban J connectivity index is 1.68. The first-order valence-electron chi connectivity index (χ1n) is 8.06. The van der Waals surface area contributed by atoms with Crippen molar-refractivity contribution in [3.8, 4) is 0 Å². The van der Waals surface area contributed by atoms with Gasteiger partial charge in [0.25, 0.3) is 0 Å². The highest BCUT2D eigenvalue weighted by molar-refractivity contribution is 5.72. The molecule has 1 aliphatic carbocycles. The smallest absolute Gasteiger partial charge is 0.308 e. The van der Waals surface area contributed by atoms with E-state index in [-0.39, 0.29) is 11.9 Å². The van der Waals surface area contributed by atoms with E-state index in [2.05, 4.69) is 13.8 Å². The average Bonchev–Trinajstić information content (AvgIpc) is 3.19. The monoisotopic (exact) mass is 268 g/mol. The number of carbonyl (C=O) groups excluding carboxylic acids is 1. The molecule has 0 bridgehead atoms. The molecule has 1 aliphatic heterocycles. The molecular weight excluding hydrogens is 240 g/mol. The van der Waals surface area contributed by atoms with Crippen molar-refractivity contribution in [1.29, 1.82) is 0 Å². The molecule has 1 saturated heterocycles. The Morgan fingerprint density at radius 1 is 1.21 bits per heavy atom. The minimum Gasteiger partial charge on any atom is -0.465 e. The van der Waals surface area contributed by atoms with E-state index < -0.39 is 0 Å². The summed E-state index contributed by atoms with van der Waals surface area (Å²) in [5.41, 5.74) is 0. The quantitative estimate of drug-likeness (QED) is 0.497. The lowest BCUT2D eigenvalue weighted by Crippen LogP contribution is -2.24. The molecule has 2 rings (SSSR count). The molecule has 3 nitrogen and oxygen atoms in total. The Morgan fingerprint density at radius 2 is 2.05 bits per heavy atom. The Hall–Kier alpha value is -0.570. The Morgan fingerprint density at radius 3 is 2.74 bits per heavy atom. The number of carbonyl (C=O) groups is 1. The first kappa shape index (κ1) is 14.8. The van der Waals surface area contributed by atoms with Crippen molar-refractivity contribution in [2.45, 2.75) is 77.4 Å². The predicted molar refractivity (Wildman–Crippen MR) is 74.9 cm³/mol. The van der Waals surface area contributed by atoms with E-state index in [0.29, 0.717) is 24.7 Å². The fraction of sp³-hybridized carbons (Fsp3) is 0.938. The summed E-state index contributed by atoms with van der Waals surface area (Å²) in [4.78, 5) is 12.1. The maximum Gasteiger partial charge on any atom is 0.308 e. The van der Waals surface area contributed by atoms with Crippen LogP contribution in [0, 0.1) is 11.8 Å². The van der Waals surface area contributed by atoms with Gasteiger partial charge in [-0.3, -0.25) is 4.79 Å². The lowest BCUT2D eigenvalue weighted by atomic mass is 9.90. The van der Waals surface area contributed by atoms with Crippen LogP contribution in [-0.4, -0.2) is 24.8 Å². The summed E-state index contributed by atoms with van der Waals surface area (Å²) >= 11 is 0. The number of hydrogen-bond donors (Lipinski definition) is 0. The van der Waals surface area contributed by atoms with Gasteiger partial charge in [-0.05, 0) is 38.0 Å². The van der Waals surface area contributed by atoms with E-state index in [0.717, 1.165) is 51.4 Å². The van der Waals surface area contributed by atoms with Crippen molar-refractivity contribution in [1.82, 2.24) is 0 Å². The second kappa shape index (κ2) is 7.28. The van der Waals surface area contributed by atoms with Crippen molar-refractivity contribution in [2.75, 3.05) is 6.61 Å². The zero-order chi connectivity index (χ0) is 13.7. The molecule has 0 amide bonds. The highest BCUT2D eigenvalue weighted by atomic mass is 16.6. The molecule has 4 unspecified atom stereocenters. The SMILES string of the molecule is CCCCC(CCC)C(=O)OCC1CCC2OC2C1. The predicted octanol–water partition coefficient (Wildman–Crippen LogP) is 3.70. The minimum atomic E-state index is 0.0362. The highest BCUT2D eigenvalue weighted by Gasteiger charge is 2.44. The van der Waals surface area contributed by atoms with Gasteiger partial charge in [0, 0.05) is 0 Å². The first-order valence-corrected chi connectivity index (χ1v) is 8.06. The summed E-state index contributed by atoms with van der Waals surface area (Å²) in [6, 6.07) is 0. The van der Waals surface area contributed by atoms with Gasteiger partial charge >= 0.3 is 5.97 Å². The standard InChI is InChI=1S/C16H28O3/c1-3-5-7-13(6-4-2)16(17)18-11-12-8-9-14-15(10-12)19-14/h12-15H,3-11H2,1-2H3. The normalized spacial score (nSPS) is 30.5. The zero-order valence-corrected chi connectivity index (χ0v) is 12.4. The lowest BCUT2D eigenvalue weighted by molar-refractivity contribution is -0.150. The van der Waals surface area contributed by atoms with Crippen LogP contribution in [0.5, 0.6) is 0 Å².